The monoisotopic (exact) mass is 315 g/mol. The van der Waals surface area contributed by atoms with Crippen LogP contribution in [0.5, 0.6) is 0 Å². The molecular formula is C18H25N3O2. The van der Waals surface area contributed by atoms with Crippen molar-refractivity contribution in [2.24, 2.45) is 5.41 Å². The molecule has 124 valence electrons. The van der Waals surface area contributed by atoms with Crippen molar-refractivity contribution in [1.29, 1.82) is 0 Å². The Balaban J connectivity index is 1.61. The van der Waals surface area contributed by atoms with Crippen molar-refractivity contribution < 1.29 is 9.84 Å². The minimum absolute atomic E-state index is 0.0401. The van der Waals surface area contributed by atoms with Gasteiger partial charge in [0.25, 0.3) is 0 Å². The number of ether oxygens (including phenoxy) is 1. The molecule has 1 aliphatic heterocycles. The van der Waals surface area contributed by atoms with E-state index in [2.05, 4.69) is 16.6 Å². The number of aliphatic hydroxyl groups is 1. The summed E-state index contributed by atoms with van der Waals surface area (Å²) in [7, 11) is 0. The molecule has 1 fully saturated rings. The molecule has 5 nitrogen and oxygen atoms in total. The van der Waals surface area contributed by atoms with Crippen molar-refractivity contribution in [2.45, 2.75) is 26.3 Å². The van der Waals surface area contributed by atoms with E-state index < -0.39 is 0 Å². The fourth-order valence-corrected chi connectivity index (χ4v) is 3.04. The van der Waals surface area contributed by atoms with Crippen LogP contribution < -0.4 is 5.32 Å². The number of aromatic nitrogens is 2. The van der Waals surface area contributed by atoms with Crippen LogP contribution in [0.4, 0.5) is 0 Å². The average molecular weight is 315 g/mol. The second-order valence-corrected chi connectivity index (χ2v) is 6.39. The number of nitrogens with one attached hydrogen (secondary N) is 1. The van der Waals surface area contributed by atoms with Gasteiger partial charge in [-0.2, -0.15) is 5.10 Å². The molecule has 2 aromatic rings. The number of nitrogens with zero attached hydrogens (tertiary/aromatic N) is 2. The van der Waals surface area contributed by atoms with E-state index in [0.29, 0.717) is 0 Å². The molecule has 0 amide bonds. The number of hydrogen-bond donors (Lipinski definition) is 2. The van der Waals surface area contributed by atoms with Gasteiger partial charge in [0.05, 0.1) is 18.0 Å². The molecule has 0 aliphatic carbocycles. The smallest absolute Gasteiger partial charge is 0.0645 e. The van der Waals surface area contributed by atoms with Crippen LogP contribution >= 0.6 is 0 Å². The van der Waals surface area contributed by atoms with Gasteiger partial charge >= 0.3 is 0 Å². The van der Waals surface area contributed by atoms with Crippen LogP contribution in [0.3, 0.4) is 0 Å². The molecule has 0 spiro atoms. The van der Waals surface area contributed by atoms with Gasteiger partial charge in [-0.25, -0.2) is 4.68 Å². The van der Waals surface area contributed by atoms with Gasteiger partial charge in [0, 0.05) is 43.5 Å². The van der Waals surface area contributed by atoms with Gasteiger partial charge < -0.3 is 15.2 Å². The topological polar surface area (TPSA) is 59.3 Å². The number of para-hydroxylation sites is 1. The van der Waals surface area contributed by atoms with Crippen molar-refractivity contribution in [1.82, 2.24) is 15.1 Å². The van der Waals surface area contributed by atoms with Crippen LogP contribution in [-0.2, 0) is 11.3 Å². The fourth-order valence-electron chi connectivity index (χ4n) is 3.04. The molecule has 1 saturated heterocycles. The van der Waals surface area contributed by atoms with Gasteiger partial charge in [-0.1, -0.05) is 18.2 Å². The van der Waals surface area contributed by atoms with Gasteiger partial charge in [-0.15, -0.1) is 0 Å². The third-order valence-corrected chi connectivity index (χ3v) is 4.73. The molecule has 3 rings (SSSR count). The van der Waals surface area contributed by atoms with Crippen LogP contribution in [-0.4, -0.2) is 41.3 Å². The number of aryl methyl sites for hydroxylation is 1. The highest BCUT2D eigenvalue weighted by Gasteiger charge is 2.31. The zero-order valence-electron chi connectivity index (χ0n) is 13.7. The van der Waals surface area contributed by atoms with E-state index in [9.17, 15) is 5.11 Å². The molecule has 1 aromatic carbocycles. The van der Waals surface area contributed by atoms with Gasteiger partial charge in [0.15, 0.2) is 0 Å². The fraction of sp³-hybridized carbons (Fsp3) is 0.500. The van der Waals surface area contributed by atoms with E-state index >= 15 is 0 Å². The minimum Gasteiger partial charge on any atom is -0.396 e. The van der Waals surface area contributed by atoms with E-state index in [1.165, 1.54) is 5.56 Å². The maximum absolute atomic E-state index is 9.73. The Bertz CT molecular complexity index is 618. The van der Waals surface area contributed by atoms with Crippen LogP contribution in [0, 0.1) is 12.3 Å². The van der Waals surface area contributed by atoms with Crippen molar-refractivity contribution in [3.05, 3.63) is 47.8 Å². The van der Waals surface area contributed by atoms with Gasteiger partial charge in [-0.05, 0) is 31.9 Å². The van der Waals surface area contributed by atoms with Gasteiger partial charge in [0.1, 0.15) is 0 Å². The Morgan fingerprint density at radius 2 is 2.00 bits per heavy atom. The number of hydrogen-bond acceptors (Lipinski definition) is 4. The summed E-state index contributed by atoms with van der Waals surface area (Å²) in [5.41, 5.74) is 3.25. The van der Waals surface area contributed by atoms with Crippen LogP contribution in [0.2, 0.25) is 0 Å². The Morgan fingerprint density at radius 3 is 2.70 bits per heavy atom. The van der Waals surface area contributed by atoms with Crippen molar-refractivity contribution >= 4 is 0 Å². The summed E-state index contributed by atoms with van der Waals surface area (Å²) >= 11 is 0. The zero-order chi connectivity index (χ0) is 16.1. The molecule has 0 saturated carbocycles. The van der Waals surface area contributed by atoms with Crippen LogP contribution in [0.1, 0.15) is 24.1 Å². The van der Waals surface area contributed by atoms with E-state index in [0.717, 1.165) is 50.5 Å². The standard InChI is InChI=1S/C18H25N3O2/c1-15-16(12-21(20-15)17-5-3-2-4-6-17)11-19-13-18(14-22)7-9-23-10-8-18/h2-6,12,19,22H,7-11,13-14H2,1H3. The zero-order valence-corrected chi connectivity index (χ0v) is 13.7. The lowest BCUT2D eigenvalue weighted by atomic mass is 9.81. The number of aliphatic hydroxyl groups excluding tert-OH is 1. The summed E-state index contributed by atoms with van der Waals surface area (Å²) in [4.78, 5) is 0. The first-order valence-corrected chi connectivity index (χ1v) is 8.22. The lowest BCUT2D eigenvalue weighted by Gasteiger charge is -2.35. The first-order valence-electron chi connectivity index (χ1n) is 8.22. The second-order valence-electron chi connectivity index (χ2n) is 6.39. The SMILES string of the molecule is Cc1nn(-c2ccccc2)cc1CNCC1(CO)CCOCC1. The summed E-state index contributed by atoms with van der Waals surface area (Å²) in [6.07, 6.45) is 3.91. The van der Waals surface area contributed by atoms with Crippen LogP contribution in [0.15, 0.2) is 36.5 Å². The Labute approximate surface area is 137 Å². The minimum atomic E-state index is -0.0401. The third-order valence-electron chi connectivity index (χ3n) is 4.73. The molecule has 0 unspecified atom stereocenters. The third kappa shape index (κ3) is 3.80. The molecular weight excluding hydrogens is 290 g/mol. The molecule has 23 heavy (non-hydrogen) atoms. The quantitative estimate of drug-likeness (QED) is 0.857. The molecule has 2 N–H and O–H groups in total. The maximum atomic E-state index is 9.73. The molecule has 0 bridgehead atoms. The first kappa shape index (κ1) is 16.2. The van der Waals surface area contributed by atoms with Crippen molar-refractivity contribution in [2.75, 3.05) is 26.4 Å². The maximum Gasteiger partial charge on any atom is 0.0645 e. The molecule has 2 heterocycles. The molecule has 1 aliphatic rings. The Hall–Kier alpha value is -1.69. The molecule has 0 atom stereocenters. The van der Waals surface area contributed by atoms with Crippen molar-refractivity contribution in [3.8, 4) is 5.69 Å². The highest BCUT2D eigenvalue weighted by Crippen LogP contribution is 2.29. The summed E-state index contributed by atoms with van der Waals surface area (Å²) in [5.74, 6) is 0. The predicted octanol–water partition coefficient (Wildman–Crippen LogP) is 2.06. The lowest BCUT2D eigenvalue weighted by Crippen LogP contribution is -2.41. The largest absolute Gasteiger partial charge is 0.396 e. The van der Waals surface area contributed by atoms with E-state index in [1.807, 2.05) is 41.9 Å². The number of benzene rings is 1. The highest BCUT2D eigenvalue weighted by atomic mass is 16.5. The van der Waals surface area contributed by atoms with Gasteiger partial charge in [-0.3, -0.25) is 0 Å². The molecule has 0 radical (unpaired) electrons. The summed E-state index contributed by atoms with van der Waals surface area (Å²) in [6.45, 7) is 5.31. The summed E-state index contributed by atoms with van der Waals surface area (Å²) in [6, 6.07) is 10.1. The normalized spacial score (nSPS) is 17.3. The highest BCUT2D eigenvalue weighted by molar-refractivity contribution is 5.32. The van der Waals surface area contributed by atoms with Gasteiger partial charge in [0.2, 0.25) is 0 Å². The van der Waals surface area contributed by atoms with Crippen molar-refractivity contribution in [3.63, 3.8) is 0 Å². The summed E-state index contributed by atoms with van der Waals surface area (Å²) in [5, 5.41) is 17.8. The molecule has 1 aromatic heterocycles. The second kappa shape index (κ2) is 7.25. The number of rotatable bonds is 6. The van der Waals surface area contributed by atoms with E-state index in [-0.39, 0.29) is 12.0 Å². The van der Waals surface area contributed by atoms with E-state index in [1.54, 1.807) is 0 Å². The van der Waals surface area contributed by atoms with E-state index in [4.69, 9.17) is 4.74 Å². The Kier molecular flexibility index (Phi) is 5.10. The average Bonchev–Trinajstić information content (AvgIpc) is 2.97. The van der Waals surface area contributed by atoms with Crippen LogP contribution in [0.25, 0.3) is 5.69 Å². The Morgan fingerprint density at radius 1 is 1.26 bits per heavy atom. The first-order chi connectivity index (χ1) is 11.2. The lowest BCUT2D eigenvalue weighted by molar-refractivity contribution is -0.0154. The molecule has 5 heteroatoms. The summed E-state index contributed by atoms with van der Waals surface area (Å²) < 4.78 is 7.33. The predicted molar refractivity (Wildman–Crippen MR) is 89.6 cm³/mol.